The van der Waals surface area contributed by atoms with Crippen LogP contribution in [0.3, 0.4) is 0 Å². The third-order valence-electron chi connectivity index (χ3n) is 4.30. The van der Waals surface area contributed by atoms with Crippen LogP contribution in [0.5, 0.6) is 0 Å². The molecule has 0 spiro atoms. The van der Waals surface area contributed by atoms with Gasteiger partial charge >= 0.3 is 0 Å². The number of benzene rings is 1. The lowest BCUT2D eigenvalue weighted by molar-refractivity contribution is -0.120. The van der Waals surface area contributed by atoms with Gasteiger partial charge in [0.1, 0.15) is 11.9 Å². The SMILES string of the molecule is COCCN1[C@@H](C(=O)Nc2ccc(F)c(Cl)c2)C[C@@H](c2cccs2)NS1(=O)=O. The Labute approximate surface area is 171 Å². The summed E-state index contributed by atoms with van der Waals surface area (Å²) in [5, 5.41) is 4.34. The lowest BCUT2D eigenvalue weighted by Crippen LogP contribution is -2.58. The molecule has 0 unspecified atom stereocenters. The summed E-state index contributed by atoms with van der Waals surface area (Å²) in [7, 11) is -2.46. The molecule has 1 saturated heterocycles. The maximum absolute atomic E-state index is 13.3. The average molecular weight is 448 g/mol. The minimum atomic E-state index is -3.91. The highest BCUT2D eigenvalue weighted by Crippen LogP contribution is 2.31. The number of rotatable bonds is 6. The van der Waals surface area contributed by atoms with Crippen LogP contribution in [0.15, 0.2) is 35.7 Å². The standard InChI is InChI=1S/C17H19ClFN3O4S2/c1-26-7-6-22-15(17(23)20-11-4-5-13(19)12(18)9-11)10-14(21-28(22,24)25)16-3-2-8-27-16/h2-5,8-9,14-15,21H,6-7,10H2,1H3,(H,20,23)/t14-,15+/m0/s1. The molecule has 1 amide bonds. The summed E-state index contributed by atoms with van der Waals surface area (Å²) in [6.45, 7) is 0.155. The number of thiophene rings is 1. The van der Waals surface area contributed by atoms with E-state index in [0.29, 0.717) is 0 Å². The quantitative estimate of drug-likeness (QED) is 0.712. The molecule has 0 aliphatic carbocycles. The van der Waals surface area contributed by atoms with Gasteiger partial charge in [0.2, 0.25) is 5.91 Å². The third kappa shape index (κ3) is 4.70. The summed E-state index contributed by atoms with van der Waals surface area (Å²) >= 11 is 7.17. The zero-order valence-corrected chi connectivity index (χ0v) is 17.3. The number of nitrogens with one attached hydrogen (secondary N) is 2. The predicted molar refractivity (Wildman–Crippen MR) is 106 cm³/mol. The Kier molecular flexibility index (Phi) is 6.69. The van der Waals surface area contributed by atoms with E-state index in [4.69, 9.17) is 16.3 Å². The van der Waals surface area contributed by atoms with Gasteiger partial charge in [-0.15, -0.1) is 11.3 Å². The lowest BCUT2D eigenvalue weighted by Gasteiger charge is -2.37. The number of hydrogen-bond acceptors (Lipinski definition) is 5. The number of halogens is 2. The minimum Gasteiger partial charge on any atom is -0.383 e. The summed E-state index contributed by atoms with van der Waals surface area (Å²) in [5.41, 5.74) is 0.284. The van der Waals surface area contributed by atoms with Crippen LogP contribution in [-0.4, -0.2) is 44.9 Å². The molecule has 1 fully saturated rings. The Bertz CT molecular complexity index is 940. The van der Waals surface area contributed by atoms with Crippen molar-refractivity contribution in [3.63, 3.8) is 0 Å². The van der Waals surface area contributed by atoms with Crippen molar-refractivity contribution in [2.75, 3.05) is 25.6 Å². The highest BCUT2D eigenvalue weighted by atomic mass is 35.5. The monoisotopic (exact) mass is 447 g/mol. The summed E-state index contributed by atoms with van der Waals surface area (Å²) in [5.74, 6) is -1.13. The number of nitrogens with zero attached hydrogens (tertiary/aromatic N) is 1. The maximum atomic E-state index is 13.3. The molecule has 3 rings (SSSR count). The van der Waals surface area contributed by atoms with Crippen molar-refractivity contribution >= 4 is 44.7 Å². The third-order valence-corrected chi connectivity index (χ3v) is 7.21. The van der Waals surface area contributed by atoms with E-state index in [2.05, 4.69) is 10.0 Å². The van der Waals surface area contributed by atoms with Crippen LogP contribution in [-0.2, 0) is 19.7 Å². The van der Waals surface area contributed by atoms with Crippen LogP contribution in [0.2, 0.25) is 5.02 Å². The second kappa shape index (κ2) is 8.85. The summed E-state index contributed by atoms with van der Waals surface area (Å²) in [6.07, 6.45) is 0.240. The van der Waals surface area contributed by atoms with Crippen molar-refractivity contribution in [3.05, 3.63) is 51.4 Å². The minimum absolute atomic E-state index is 0.0191. The fraction of sp³-hybridized carbons (Fsp3) is 0.353. The molecule has 0 bridgehead atoms. The Balaban J connectivity index is 1.87. The van der Waals surface area contributed by atoms with E-state index in [1.165, 1.54) is 30.6 Å². The first kappa shape index (κ1) is 21.2. The molecule has 28 heavy (non-hydrogen) atoms. The van der Waals surface area contributed by atoms with Crippen LogP contribution in [0.4, 0.5) is 10.1 Å². The van der Waals surface area contributed by atoms with E-state index in [0.717, 1.165) is 15.2 Å². The van der Waals surface area contributed by atoms with Gasteiger partial charge in [0, 0.05) is 24.2 Å². The molecule has 2 atom stereocenters. The van der Waals surface area contributed by atoms with E-state index >= 15 is 0 Å². The number of methoxy groups -OCH3 is 1. The molecule has 11 heteroatoms. The van der Waals surface area contributed by atoms with Gasteiger partial charge in [0.25, 0.3) is 10.2 Å². The first-order valence-electron chi connectivity index (χ1n) is 8.39. The van der Waals surface area contributed by atoms with Crippen molar-refractivity contribution in [1.29, 1.82) is 0 Å². The Morgan fingerprint density at radius 1 is 1.46 bits per heavy atom. The molecule has 0 saturated carbocycles. The molecule has 1 aromatic heterocycles. The fourth-order valence-corrected chi connectivity index (χ4v) is 5.56. The van der Waals surface area contributed by atoms with Gasteiger partial charge in [0.15, 0.2) is 0 Å². The Hall–Kier alpha value is -1.56. The normalized spacial score (nSPS) is 22.1. The molecule has 7 nitrogen and oxygen atoms in total. The van der Waals surface area contributed by atoms with Gasteiger partial charge in [-0.1, -0.05) is 17.7 Å². The fourth-order valence-electron chi connectivity index (χ4n) is 2.96. The van der Waals surface area contributed by atoms with Crippen molar-refractivity contribution in [1.82, 2.24) is 9.03 Å². The van der Waals surface area contributed by atoms with Gasteiger partial charge in [-0.2, -0.15) is 17.4 Å². The highest BCUT2D eigenvalue weighted by Gasteiger charge is 2.43. The first-order valence-corrected chi connectivity index (χ1v) is 11.1. The van der Waals surface area contributed by atoms with Crippen LogP contribution in [0.25, 0.3) is 0 Å². The van der Waals surface area contributed by atoms with E-state index in [9.17, 15) is 17.6 Å². The lowest BCUT2D eigenvalue weighted by atomic mass is 10.0. The number of amides is 1. The summed E-state index contributed by atoms with van der Waals surface area (Å²) < 4.78 is 47.6. The van der Waals surface area contributed by atoms with E-state index < -0.39 is 34.0 Å². The second-order valence-corrected chi connectivity index (χ2v) is 9.21. The van der Waals surface area contributed by atoms with Crippen molar-refractivity contribution in [2.45, 2.75) is 18.5 Å². The topological polar surface area (TPSA) is 87.7 Å². The van der Waals surface area contributed by atoms with E-state index in [-0.39, 0.29) is 30.3 Å². The van der Waals surface area contributed by atoms with Crippen LogP contribution in [0.1, 0.15) is 17.3 Å². The van der Waals surface area contributed by atoms with Crippen LogP contribution >= 0.6 is 22.9 Å². The van der Waals surface area contributed by atoms with Gasteiger partial charge in [-0.05, 0) is 36.1 Å². The summed E-state index contributed by atoms with van der Waals surface area (Å²) in [6, 6.07) is 5.94. The maximum Gasteiger partial charge on any atom is 0.280 e. The first-order chi connectivity index (χ1) is 13.3. The van der Waals surface area contributed by atoms with Gasteiger partial charge in [-0.25, -0.2) is 4.39 Å². The molecular weight excluding hydrogens is 429 g/mol. The van der Waals surface area contributed by atoms with Crippen LogP contribution in [0, 0.1) is 5.82 Å². The highest BCUT2D eigenvalue weighted by molar-refractivity contribution is 7.87. The average Bonchev–Trinajstić information content (AvgIpc) is 3.17. The van der Waals surface area contributed by atoms with E-state index in [1.54, 1.807) is 0 Å². The van der Waals surface area contributed by atoms with Gasteiger partial charge < -0.3 is 10.1 Å². The number of carbonyl (C=O) groups excluding carboxylic acids is 1. The zero-order valence-electron chi connectivity index (χ0n) is 14.9. The predicted octanol–water partition coefficient (Wildman–Crippen LogP) is 2.78. The van der Waals surface area contributed by atoms with Crippen molar-refractivity contribution < 1.29 is 22.3 Å². The number of ether oxygens (including phenoxy) is 1. The number of hydrogen-bond donors (Lipinski definition) is 2. The second-order valence-electron chi connectivity index (χ2n) is 6.16. The summed E-state index contributed by atoms with van der Waals surface area (Å²) in [4.78, 5) is 13.7. The largest absolute Gasteiger partial charge is 0.383 e. The Morgan fingerprint density at radius 2 is 2.25 bits per heavy atom. The molecule has 2 aromatic rings. The number of anilines is 1. The molecule has 2 heterocycles. The number of carbonyl (C=O) groups is 1. The molecular formula is C17H19ClFN3O4S2. The van der Waals surface area contributed by atoms with Crippen molar-refractivity contribution in [2.24, 2.45) is 0 Å². The molecule has 1 aliphatic rings. The Morgan fingerprint density at radius 3 is 2.89 bits per heavy atom. The zero-order chi connectivity index (χ0) is 20.3. The van der Waals surface area contributed by atoms with Gasteiger partial charge in [0.05, 0.1) is 17.7 Å². The molecule has 0 radical (unpaired) electrons. The molecule has 1 aliphatic heterocycles. The molecule has 152 valence electrons. The van der Waals surface area contributed by atoms with Crippen molar-refractivity contribution in [3.8, 4) is 0 Å². The molecule has 1 aromatic carbocycles. The van der Waals surface area contributed by atoms with Gasteiger partial charge in [-0.3, -0.25) is 4.79 Å². The molecule has 2 N–H and O–H groups in total. The van der Waals surface area contributed by atoms with Crippen LogP contribution < -0.4 is 10.0 Å². The van der Waals surface area contributed by atoms with E-state index in [1.807, 2.05) is 17.5 Å². The smallest absolute Gasteiger partial charge is 0.280 e.